The Kier molecular flexibility index (Phi) is 6.32. The van der Waals surface area contributed by atoms with Gasteiger partial charge >= 0.3 is 0 Å². The standard InChI is InChI=1S/C20H30N2O3/c1-24-12-11-22-9-7-15(8-10-22)14-21-20(23)19-13-18(19)16-3-5-17(25-2)6-4-16/h3-6,15,18-19H,7-14H2,1-2H3,(H,21,23). The molecule has 2 aliphatic rings. The summed E-state index contributed by atoms with van der Waals surface area (Å²) < 4.78 is 10.3. The van der Waals surface area contributed by atoms with Crippen LogP contribution in [0, 0.1) is 11.8 Å². The minimum Gasteiger partial charge on any atom is -0.497 e. The molecular weight excluding hydrogens is 316 g/mol. The van der Waals surface area contributed by atoms with Crippen molar-refractivity contribution < 1.29 is 14.3 Å². The van der Waals surface area contributed by atoms with Gasteiger partial charge in [0.1, 0.15) is 5.75 Å². The van der Waals surface area contributed by atoms with Gasteiger partial charge in [0.25, 0.3) is 0 Å². The SMILES string of the molecule is COCCN1CCC(CNC(=O)C2CC2c2ccc(OC)cc2)CC1. The Labute approximate surface area is 150 Å². The number of piperidine rings is 1. The first-order valence-electron chi connectivity index (χ1n) is 9.34. The minimum absolute atomic E-state index is 0.148. The van der Waals surface area contributed by atoms with Gasteiger partial charge in [-0.15, -0.1) is 0 Å². The maximum atomic E-state index is 12.4. The highest BCUT2D eigenvalue weighted by atomic mass is 16.5. The van der Waals surface area contributed by atoms with Crippen molar-refractivity contribution in [2.45, 2.75) is 25.2 Å². The van der Waals surface area contributed by atoms with Crippen molar-refractivity contribution in [3.63, 3.8) is 0 Å². The Morgan fingerprint density at radius 1 is 1.20 bits per heavy atom. The highest BCUT2D eigenvalue weighted by molar-refractivity contribution is 5.82. The molecule has 1 heterocycles. The molecule has 1 saturated heterocycles. The molecule has 5 heteroatoms. The van der Waals surface area contributed by atoms with Crippen LogP contribution in [-0.2, 0) is 9.53 Å². The fourth-order valence-electron chi connectivity index (χ4n) is 3.71. The second-order valence-corrected chi connectivity index (χ2v) is 7.24. The summed E-state index contributed by atoms with van der Waals surface area (Å²) in [7, 11) is 3.42. The van der Waals surface area contributed by atoms with E-state index in [0.29, 0.717) is 11.8 Å². The molecule has 2 unspecified atom stereocenters. The molecule has 0 bridgehead atoms. The monoisotopic (exact) mass is 346 g/mol. The van der Waals surface area contributed by atoms with Crippen molar-refractivity contribution >= 4 is 5.91 Å². The summed E-state index contributed by atoms with van der Waals surface area (Å²) in [5, 5.41) is 3.19. The quantitative estimate of drug-likeness (QED) is 0.785. The van der Waals surface area contributed by atoms with Crippen molar-refractivity contribution in [2.75, 3.05) is 47.0 Å². The number of methoxy groups -OCH3 is 2. The van der Waals surface area contributed by atoms with Gasteiger partial charge in [-0.05, 0) is 61.9 Å². The zero-order chi connectivity index (χ0) is 17.6. The van der Waals surface area contributed by atoms with E-state index in [4.69, 9.17) is 9.47 Å². The molecule has 1 saturated carbocycles. The predicted octanol–water partition coefficient (Wildman–Crippen LogP) is 2.27. The second-order valence-electron chi connectivity index (χ2n) is 7.24. The molecule has 1 aromatic rings. The maximum Gasteiger partial charge on any atom is 0.223 e. The van der Waals surface area contributed by atoms with Crippen LogP contribution in [0.3, 0.4) is 0 Å². The number of rotatable bonds is 8. The van der Waals surface area contributed by atoms with Crippen LogP contribution in [0.1, 0.15) is 30.7 Å². The lowest BCUT2D eigenvalue weighted by molar-refractivity contribution is -0.122. The number of benzene rings is 1. The zero-order valence-corrected chi connectivity index (χ0v) is 15.4. The van der Waals surface area contributed by atoms with Gasteiger partial charge in [0.15, 0.2) is 0 Å². The zero-order valence-electron chi connectivity index (χ0n) is 15.4. The molecule has 1 N–H and O–H groups in total. The molecule has 1 aromatic carbocycles. The van der Waals surface area contributed by atoms with Crippen molar-refractivity contribution in [3.8, 4) is 5.75 Å². The fourth-order valence-corrected chi connectivity index (χ4v) is 3.71. The van der Waals surface area contributed by atoms with Crippen LogP contribution in [0.4, 0.5) is 0 Å². The molecule has 2 atom stereocenters. The third-order valence-electron chi connectivity index (χ3n) is 5.55. The summed E-state index contributed by atoms with van der Waals surface area (Å²) in [5.74, 6) is 2.22. The molecule has 0 aromatic heterocycles. The van der Waals surface area contributed by atoms with Gasteiger partial charge < -0.3 is 19.7 Å². The normalized spacial score (nSPS) is 24.1. The maximum absolute atomic E-state index is 12.4. The van der Waals surface area contributed by atoms with Gasteiger partial charge in [0.05, 0.1) is 13.7 Å². The molecule has 0 spiro atoms. The van der Waals surface area contributed by atoms with E-state index in [1.165, 1.54) is 5.56 Å². The summed E-state index contributed by atoms with van der Waals surface area (Å²) >= 11 is 0. The number of nitrogens with one attached hydrogen (secondary N) is 1. The number of hydrogen-bond acceptors (Lipinski definition) is 4. The molecule has 138 valence electrons. The lowest BCUT2D eigenvalue weighted by Crippen LogP contribution is -2.40. The van der Waals surface area contributed by atoms with E-state index in [1.54, 1.807) is 14.2 Å². The number of ether oxygens (including phenoxy) is 2. The van der Waals surface area contributed by atoms with Crippen molar-refractivity contribution in [3.05, 3.63) is 29.8 Å². The van der Waals surface area contributed by atoms with E-state index >= 15 is 0 Å². The summed E-state index contributed by atoms with van der Waals surface area (Å²) in [5.41, 5.74) is 1.24. The largest absolute Gasteiger partial charge is 0.497 e. The highest BCUT2D eigenvalue weighted by Crippen LogP contribution is 2.47. The van der Waals surface area contributed by atoms with Crippen molar-refractivity contribution in [2.24, 2.45) is 11.8 Å². The van der Waals surface area contributed by atoms with E-state index < -0.39 is 0 Å². The first kappa shape index (κ1) is 18.2. The highest BCUT2D eigenvalue weighted by Gasteiger charge is 2.43. The molecule has 1 amide bonds. The van der Waals surface area contributed by atoms with Crippen LogP contribution in [0.15, 0.2) is 24.3 Å². The van der Waals surface area contributed by atoms with E-state index in [0.717, 1.165) is 57.8 Å². The summed E-state index contributed by atoms with van der Waals surface area (Å²) in [6, 6.07) is 8.10. The molecular formula is C20H30N2O3. The van der Waals surface area contributed by atoms with Crippen molar-refractivity contribution in [1.82, 2.24) is 10.2 Å². The molecule has 1 aliphatic heterocycles. The first-order valence-corrected chi connectivity index (χ1v) is 9.34. The number of carbonyl (C=O) groups excluding carboxylic acids is 1. The number of nitrogens with zero attached hydrogens (tertiary/aromatic N) is 1. The summed E-state index contributed by atoms with van der Waals surface area (Å²) in [6.07, 6.45) is 3.29. The van der Waals surface area contributed by atoms with Gasteiger partial charge in [-0.1, -0.05) is 12.1 Å². The average molecular weight is 346 g/mol. The second kappa shape index (κ2) is 8.68. The number of amides is 1. The molecule has 1 aliphatic carbocycles. The van der Waals surface area contributed by atoms with Gasteiger partial charge in [-0.2, -0.15) is 0 Å². The Morgan fingerprint density at radius 3 is 2.56 bits per heavy atom. The van der Waals surface area contributed by atoms with Gasteiger partial charge in [0, 0.05) is 26.1 Å². The number of likely N-dealkylation sites (tertiary alicyclic amines) is 1. The smallest absolute Gasteiger partial charge is 0.223 e. The van der Waals surface area contributed by atoms with Crippen LogP contribution in [0.2, 0.25) is 0 Å². The fraction of sp³-hybridized carbons (Fsp3) is 0.650. The topological polar surface area (TPSA) is 50.8 Å². The van der Waals surface area contributed by atoms with Crippen LogP contribution in [0.5, 0.6) is 5.75 Å². The third kappa shape index (κ3) is 4.95. The molecule has 3 rings (SSSR count). The number of hydrogen-bond donors (Lipinski definition) is 1. The summed E-state index contributed by atoms with van der Waals surface area (Å²) in [6.45, 7) is 4.86. The molecule has 25 heavy (non-hydrogen) atoms. The lowest BCUT2D eigenvalue weighted by Gasteiger charge is -2.31. The molecule has 0 radical (unpaired) electrons. The summed E-state index contributed by atoms with van der Waals surface area (Å²) in [4.78, 5) is 14.8. The van der Waals surface area contributed by atoms with Crippen LogP contribution < -0.4 is 10.1 Å². The Hall–Kier alpha value is -1.59. The molecule has 2 fully saturated rings. The van der Waals surface area contributed by atoms with Gasteiger partial charge in [-0.3, -0.25) is 4.79 Å². The number of carbonyl (C=O) groups is 1. The van der Waals surface area contributed by atoms with E-state index in [9.17, 15) is 4.79 Å². The minimum atomic E-state index is 0.148. The van der Waals surface area contributed by atoms with E-state index in [1.807, 2.05) is 12.1 Å². The van der Waals surface area contributed by atoms with E-state index in [-0.39, 0.29) is 11.8 Å². The van der Waals surface area contributed by atoms with Gasteiger partial charge in [-0.25, -0.2) is 0 Å². The Morgan fingerprint density at radius 2 is 1.92 bits per heavy atom. The predicted molar refractivity (Wildman–Crippen MR) is 97.9 cm³/mol. The van der Waals surface area contributed by atoms with E-state index in [2.05, 4.69) is 22.3 Å². The van der Waals surface area contributed by atoms with Gasteiger partial charge in [0.2, 0.25) is 5.91 Å². The van der Waals surface area contributed by atoms with Crippen LogP contribution >= 0.6 is 0 Å². The Balaban J connectivity index is 1.36. The average Bonchev–Trinajstić information content (AvgIpc) is 3.46. The van der Waals surface area contributed by atoms with Crippen molar-refractivity contribution in [1.29, 1.82) is 0 Å². The first-order chi connectivity index (χ1) is 12.2. The Bertz CT molecular complexity index is 553. The van der Waals surface area contributed by atoms with Crippen LogP contribution in [-0.4, -0.2) is 57.8 Å². The van der Waals surface area contributed by atoms with Crippen LogP contribution in [0.25, 0.3) is 0 Å². The lowest BCUT2D eigenvalue weighted by atomic mass is 9.96. The third-order valence-corrected chi connectivity index (χ3v) is 5.55. The molecule has 5 nitrogen and oxygen atoms in total.